The Balaban J connectivity index is 1.22. The van der Waals surface area contributed by atoms with Gasteiger partial charge in [-0.1, -0.05) is 97.1 Å². The third-order valence-electron chi connectivity index (χ3n) is 9.85. The van der Waals surface area contributed by atoms with Gasteiger partial charge in [-0.25, -0.2) is 9.97 Å². The van der Waals surface area contributed by atoms with E-state index >= 15 is 0 Å². The van der Waals surface area contributed by atoms with Gasteiger partial charge in [-0.3, -0.25) is 9.13 Å². The summed E-state index contributed by atoms with van der Waals surface area (Å²) in [4.78, 5) is 20.6. The van der Waals surface area contributed by atoms with Crippen LogP contribution in [0.25, 0.3) is 98.3 Å². The van der Waals surface area contributed by atoms with Crippen molar-refractivity contribution in [3.63, 3.8) is 0 Å². The molecule has 0 aliphatic heterocycles. The van der Waals surface area contributed by atoms with Crippen LogP contribution in [0, 0.1) is 0 Å². The smallest absolute Gasteiger partial charge is 0.238 e. The van der Waals surface area contributed by atoms with E-state index in [9.17, 15) is 0 Å². The maximum absolute atomic E-state index is 5.29. The van der Waals surface area contributed by atoms with Gasteiger partial charge in [0.2, 0.25) is 5.95 Å². The number of rotatable bonds is 4. The summed E-state index contributed by atoms with van der Waals surface area (Å²) < 4.78 is 6.98. The van der Waals surface area contributed by atoms with Gasteiger partial charge < -0.3 is 0 Å². The van der Waals surface area contributed by atoms with Gasteiger partial charge in [-0.05, 0) is 54.6 Å². The molecular formula is C44H26N6S. The summed E-state index contributed by atoms with van der Waals surface area (Å²) in [6.07, 6.45) is 1.87. The maximum atomic E-state index is 5.29. The Hall–Kier alpha value is -6.70. The summed E-state index contributed by atoms with van der Waals surface area (Å²) in [5.41, 5.74) is 6.83. The third-order valence-corrected chi connectivity index (χ3v) is 11.0. The molecule has 0 aliphatic rings. The van der Waals surface area contributed by atoms with E-state index in [1.807, 2.05) is 53.9 Å². The Morgan fingerprint density at radius 3 is 1.92 bits per heavy atom. The summed E-state index contributed by atoms with van der Waals surface area (Å²) in [6, 6.07) is 52.9. The van der Waals surface area contributed by atoms with E-state index in [2.05, 4.69) is 124 Å². The molecule has 6 nitrogen and oxygen atoms in total. The number of hydrogen-bond acceptors (Lipinski definition) is 5. The Bertz CT molecular complexity index is 3100. The molecule has 51 heavy (non-hydrogen) atoms. The van der Waals surface area contributed by atoms with Gasteiger partial charge >= 0.3 is 0 Å². The quantitative estimate of drug-likeness (QED) is 0.187. The second kappa shape index (κ2) is 10.9. The lowest BCUT2D eigenvalue weighted by Gasteiger charge is -2.15. The number of hydrogen-bond donors (Lipinski definition) is 0. The van der Waals surface area contributed by atoms with Crippen LogP contribution in [0.3, 0.4) is 0 Å². The standard InChI is InChI=1S/C44H26N6S/c1-2-13-27(14-3-1)41-46-42(48-44(47-41)50-35-20-8-4-15-28(35)29-16-5-9-21-36(29)50)32-18-6-10-22-37(32)49-38-25-34-30-17-7-11-23-39(30)51-40(34)26-33(38)31-19-12-24-45-43(31)49/h1-26H. The topological polar surface area (TPSA) is 61.4 Å². The second-order valence-corrected chi connectivity index (χ2v) is 13.8. The van der Waals surface area contributed by atoms with Crippen molar-refractivity contribution >= 4 is 75.3 Å². The van der Waals surface area contributed by atoms with Crippen LogP contribution < -0.4 is 0 Å². The third kappa shape index (κ3) is 4.22. The van der Waals surface area contributed by atoms with Crippen LogP contribution in [-0.4, -0.2) is 29.1 Å². The molecule has 0 radical (unpaired) electrons. The van der Waals surface area contributed by atoms with Crippen LogP contribution in [0.5, 0.6) is 0 Å². The van der Waals surface area contributed by atoms with Crippen molar-refractivity contribution in [2.75, 3.05) is 0 Å². The average Bonchev–Trinajstić information content (AvgIpc) is 3.84. The summed E-state index contributed by atoms with van der Waals surface area (Å²) >= 11 is 1.83. The number of fused-ring (bicyclic) bond motifs is 9. The number of nitrogens with zero attached hydrogens (tertiary/aromatic N) is 6. The van der Waals surface area contributed by atoms with E-state index in [4.69, 9.17) is 19.9 Å². The summed E-state index contributed by atoms with van der Waals surface area (Å²) in [5, 5.41) is 7.08. The molecule has 0 N–H and O–H groups in total. The van der Waals surface area contributed by atoms with E-state index in [0.29, 0.717) is 17.6 Å². The average molecular weight is 671 g/mol. The van der Waals surface area contributed by atoms with Crippen LogP contribution >= 0.6 is 11.3 Å². The molecule has 0 saturated heterocycles. The first-order valence-corrected chi connectivity index (χ1v) is 17.7. The van der Waals surface area contributed by atoms with Gasteiger partial charge in [0.1, 0.15) is 5.65 Å². The molecule has 5 heterocycles. The first kappa shape index (κ1) is 28.2. The van der Waals surface area contributed by atoms with E-state index in [1.165, 1.54) is 25.6 Å². The summed E-state index contributed by atoms with van der Waals surface area (Å²) in [5.74, 6) is 1.77. The van der Waals surface area contributed by atoms with Crippen LogP contribution in [0.1, 0.15) is 0 Å². The summed E-state index contributed by atoms with van der Waals surface area (Å²) in [7, 11) is 0. The zero-order valence-corrected chi connectivity index (χ0v) is 27.9. The number of benzene rings is 6. The lowest BCUT2D eigenvalue weighted by Crippen LogP contribution is -2.07. The molecule has 0 bridgehead atoms. The van der Waals surface area contributed by atoms with Crippen LogP contribution in [-0.2, 0) is 0 Å². The van der Waals surface area contributed by atoms with E-state index in [0.717, 1.165) is 55.2 Å². The maximum Gasteiger partial charge on any atom is 0.238 e. The molecule has 0 atom stereocenters. The van der Waals surface area contributed by atoms with Gasteiger partial charge in [-0.15, -0.1) is 11.3 Å². The Morgan fingerprint density at radius 2 is 1.10 bits per heavy atom. The molecule has 0 unspecified atom stereocenters. The predicted molar refractivity (Wildman–Crippen MR) is 210 cm³/mol. The lowest BCUT2D eigenvalue weighted by atomic mass is 10.1. The van der Waals surface area contributed by atoms with E-state index < -0.39 is 0 Å². The fourth-order valence-electron chi connectivity index (χ4n) is 7.60. The fraction of sp³-hybridized carbons (Fsp3) is 0. The zero-order valence-electron chi connectivity index (χ0n) is 27.1. The van der Waals surface area contributed by atoms with Crippen molar-refractivity contribution in [3.05, 3.63) is 158 Å². The molecule has 7 heteroatoms. The molecule has 11 aromatic rings. The highest BCUT2D eigenvalue weighted by molar-refractivity contribution is 7.25. The minimum atomic E-state index is 0.567. The molecule has 5 aromatic heterocycles. The molecule has 0 amide bonds. The molecule has 0 saturated carbocycles. The molecule has 6 aromatic carbocycles. The molecule has 0 spiro atoms. The van der Waals surface area contributed by atoms with Gasteiger partial charge in [0.25, 0.3) is 0 Å². The van der Waals surface area contributed by atoms with Gasteiger partial charge in [0, 0.05) is 59.0 Å². The minimum Gasteiger partial charge on any atom is -0.293 e. The van der Waals surface area contributed by atoms with Crippen molar-refractivity contribution in [2.24, 2.45) is 0 Å². The fourth-order valence-corrected chi connectivity index (χ4v) is 8.73. The Kier molecular flexibility index (Phi) is 6.02. The van der Waals surface area contributed by atoms with Crippen molar-refractivity contribution in [1.82, 2.24) is 29.1 Å². The Labute approximate surface area is 295 Å². The normalized spacial score (nSPS) is 11.9. The largest absolute Gasteiger partial charge is 0.293 e. The van der Waals surface area contributed by atoms with Crippen molar-refractivity contribution in [2.45, 2.75) is 0 Å². The van der Waals surface area contributed by atoms with Crippen LogP contribution in [0.2, 0.25) is 0 Å². The SMILES string of the molecule is c1ccc(-c2nc(-c3ccccc3-n3c4cc5c(cc4c4cccnc43)sc3ccccc35)nc(-n3c4ccccc4c4ccccc43)n2)cc1. The van der Waals surface area contributed by atoms with Gasteiger partial charge in [0.05, 0.1) is 22.2 Å². The van der Waals surface area contributed by atoms with Crippen LogP contribution in [0.4, 0.5) is 0 Å². The number of thiophene rings is 1. The highest BCUT2D eigenvalue weighted by atomic mass is 32.1. The summed E-state index contributed by atoms with van der Waals surface area (Å²) in [6.45, 7) is 0. The molecular weight excluding hydrogens is 645 g/mol. The number of aromatic nitrogens is 6. The van der Waals surface area contributed by atoms with Crippen molar-refractivity contribution in [1.29, 1.82) is 0 Å². The molecule has 0 aliphatic carbocycles. The van der Waals surface area contributed by atoms with E-state index in [-0.39, 0.29) is 0 Å². The van der Waals surface area contributed by atoms with Crippen LogP contribution in [0.15, 0.2) is 158 Å². The van der Waals surface area contributed by atoms with Gasteiger partial charge in [0.15, 0.2) is 11.6 Å². The number of para-hydroxylation sites is 3. The second-order valence-electron chi connectivity index (χ2n) is 12.7. The van der Waals surface area contributed by atoms with Crippen molar-refractivity contribution < 1.29 is 0 Å². The predicted octanol–water partition coefficient (Wildman–Crippen LogP) is 11.2. The first-order chi connectivity index (χ1) is 25.3. The van der Waals surface area contributed by atoms with E-state index in [1.54, 1.807) is 0 Å². The monoisotopic (exact) mass is 670 g/mol. The molecule has 0 fully saturated rings. The molecule has 238 valence electrons. The van der Waals surface area contributed by atoms with Crippen molar-refractivity contribution in [3.8, 4) is 34.4 Å². The Morgan fingerprint density at radius 1 is 0.431 bits per heavy atom. The highest BCUT2D eigenvalue weighted by Gasteiger charge is 2.22. The van der Waals surface area contributed by atoms with Gasteiger partial charge in [-0.2, -0.15) is 9.97 Å². The molecule has 11 rings (SSSR count). The lowest BCUT2D eigenvalue weighted by molar-refractivity contribution is 0.951. The highest BCUT2D eigenvalue weighted by Crippen LogP contribution is 2.41. The minimum absolute atomic E-state index is 0.567. The number of pyridine rings is 1. The first-order valence-electron chi connectivity index (χ1n) is 16.9. The zero-order chi connectivity index (χ0) is 33.5.